The van der Waals surface area contributed by atoms with Gasteiger partial charge in [0, 0.05) is 23.0 Å². The Kier molecular flexibility index (Phi) is 2.91. The lowest BCUT2D eigenvalue weighted by Crippen LogP contribution is -2.48. The smallest absolute Gasteiger partial charge is 0.228 e. The van der Waals surface area contributed by atoms with Gasteiger partial charge in [-0.1, -0.05) is 5.16 Å². The maximum atomic E-state index is 6.16. The summed E-state index contributed by atoms with van der Waals surface area (Å²) in [6.07, 6.45) is 4.64. The lowest BCUT2D eigenvalue weighted by atomic mass is 9.75. The molecule has 6 heteroatoms. The van der Waals surface area contributed by atoms with Gasteiger partial charge in [-0.05, 0) is 26.2 Å². The van der Waals surface area contributed by atoms with Gasteiger partial charge in [-0.15, -0.1) is 11.3 Å². The molecular formula is C12H16N4OS. The number of rotatable bonds is 4. The minimum absolute atomic E-state index is 0.110. The zero-order valence-corrected chi connectivity index (χ0v) is 11.2. The van der Waals surface area contributed by atoms with E-state index in [9.17, 15) is 0 Å². The van der Waals surface area contributed by atoms with Gasteiger partial charge in [0.15, 0.2) is 5.82 Å². The Labute approximate surface area is 109 Å². The summed E-state index contributed by atoms with van der Waals surface area (Å²) in [6.45, 7) is 1.98. The minimum Gasteiger partial charge on any atom is -0.339 e. The third-order valence-electron chi connectivity index (χ3n) is 3.34. The summed E-state index contributed by atoms with van der Waals surface area (Å²) in [6, 6.07) is 0. The fourth-order valence-electron chi connectivity index (χ4n) is 2.16. The topological polar surface area (TPSA) is 77.8 Å². The van der Waals surface area contributed by atoms with Crippen LogP contribution in [0.1, 0.15) is 41.7 Å². The highest BCUT2D eigenvalue weighted by Crippen LogP contribution is 2.31. The van der Waals surface area contributed by atoms with E-state index < -0.39 is 0 Å². The van der Waals surface area contributed by atoms with Gasteiger partial charge >= 0.3 is 0 Å². The van der Waals surface area contributed by atoms with E-state index in [1.165, 1.54) is 6.42 Å². The van der Waals surface area contributed by atoms with Crippen LogP contribution < -0.4 is 5.73 Å². The fraction of sp³-hybridized carbons (Fsp3) is 0.583. The Bertz CT molecular complexity index is 544. The number of nitrogens with two attached hydrogens (primary N) is 1. The van der Waals surface area contributed by atoms with Crippen LogP contribution in [-0.4, -0.2) is 20.7 Å². The average molecular weight is 264 g/mol. The van der Waals surface area contributed by atoms with Crippen molar-refractivity contribution in [2.75, 3.05) is 0 Å². The van der Waals surface area contributed by atoms with Crippen LogP contribution in [0.3, 0.4) is 0 Å². The molecule has 0 aromatic carbocycles. The first-order chi connectivity index (χ1) is 8.63. The summed E-state index contributed by atoms with van der Waals surface area (Å²) in [5.41, 5.74) is 7.09. The molecule has 0 aliphatic heterocycles. The highest BCUT2D eigenvalue weighted by Gasteiger charge is 2.34. The zero-order chi connectivity index (χ0) is 12.6. The Morgan fingerprint density at radius 2 is 2.28 bits per heavy atom. The van der Waals surface area contributed by atoms with Gasteiger partial charge in [-0.2, -0.15) is 4.98 Å². The maximum absolute atomic E-state index is 6.16. The SMILES string of the molecule is Cc1csc(Cc2noc(CC3(N)CCC3)n2)n1. The molecule has 0 unspecified atom stereocenters. The predicted molar refractivity (Wildman–Crippen MR) is 68.4 cm³/mol. The predicted octanol–water partition coefficient (Wildman–Crippen LogP) is 1.85. The first kappa shape index (κ1) is 11.8. The van der Waals surface area contributed by atoms with Gasteiger partial charge in [0.05, 0.1) is 6.42 Å². The van der Waals surface area contributed by atoms with E-state index in [1.807, 2.05) is 12.3 Å². The van der Waals surface area contributed by atoms with Crippen LogP contribution in [0.2, 0.25) is 0 Å². The van der Waals surface area contributed by atoms with Crippen molar-refractivity contribution in [3.05, 3.63) is 27.8 Å². The molecule has 0 saturated heterocycles. The quantitative estimate of drug-likeness (QED) is 0.911. The van der Waals surface area contributed by atoms with Crippen LogP contribution in [0.4, 0.5) is 0 Å². The standard InChI is InChI=1S/C12H16N4OS/c1-8-7-18-11(14-8)5-9-15-10(17-16-9)6-12(13)3-2-4-12/h7H,2-6,13H2,1H3. The maximum Gasteiger partial charge on any atom is 0.228 e. The molecule has 1 fully saturated rings. The molecular weight excluding hydrogens is 248 g/mol. The van der Waals surface area contributed by atoms with Gasteiger partial charge in [-0.3, -0.25) is 0 Å². The molecule has 18 heavy (non-hydrogen) atoms. The molecule has 3 rings (SSSR count). The minimum atomic E-state index is -0.110. The molecule has 0 bridgehead atoms. The van der Waals surface area contributed by atoms with E-state index >= 15 is 0 Å². The first-order valence-corrected chi connectivity index (χ1v) is 7.02. The summed E-state index contributed by atoms with van der Waals surface area (Å²) in [7, 11) is 0. The number of thiazole rings is 1. The molecule has 0 atom stereocenters. The molecule has 2 heterocycles. The Morgan fingerprint density at radius 1 is 1.44 bits per heavy atom. The summed E-state index contributed by atoms with van der Waals surface area (Å²) in [5.74, 6) is 1.35. The van der Waals surface area contributed by atoms with Crippen LogP contribution >= 0.6 is 11.3 Å². The second kappa shape index (κ2) is 4.44. The van der Waals surface area contributed by atoms with Gasteiger partial charge in [0.1, 0.15) is 5.01 Å². The van der Waals surface area contributed by atoms with Crippen molar-refractivity contribution in [3.63, 3.8) is 0 Å². The number of aromatic nitrogens is 3. The van der Waals surface area contributed by atoms with Crippen molar-refractivity contribution in [1.82, 2.24) is 15.1 Å². The van der Waals surface area contributed by atoms with Gasteiger partial charge in [-0.25, -0.2) is 4.98 Å². The van der Waals surface area contributed by atoms with Crippen LogP contribution in [-0.2, 0) is 12.8 Å². The Morgan fingerprint density at radius 3 is 2.89 bits per heavy atom. The first-order valence-electron chi connectivity index (χ1n) is 6.14. The van der Waals surface area contributed by atoms with Crippen molar-refractivity contribution >= 4 is 11.3 Å². The zero-order valence-electron chi connectivity index (χ0n) is 10.3. The normalized spacial score (nSPS) is 17.7. The molecule has 0 amide bonds. The molecule has 2 N–H and O–H groups in total. The highest BCUT2D eigenvalue weighted by molar-refractivity contribution is 7.09. The van der Waals surface area contributed by atoms with Crippen LogP contribution in [0.15, 0.2) is 9.90 Å². The van der Waals surface area contributed by atoms with E-state index in [0.29, 0.717) is 24.6 Å². The molecule has 0 radical (unpaired) electrons. The Hall–Kier alpha value is -1.27. The van der Waals surface area contributed by atoms with Gasteiger partial charge in [0.2, 0.25) is 5.89 Å². The molecule has 1 saturated carbocycles. The van der Waals surface area contributed by atoms with E-state index in [0.717, 1.165) is 23.5 Å². The number of aryl methyl sites for hydroxylation is 1. The summed E-state index contributed by atoms with van der Waals surface area (Å²) in [4.78, 5) is 8.78. The third kappa shape index (κ3) is 2.44. The fourth-order valence-corrected chi connectivity index (χ4v) is 2.93. The molecule has 5 nitrogen and oxygen atoms in total. The van der Waals surface area contributed by atoms with Crippen molar-refractivity contribution in [2.24, 2.45) is 5.73 Å². The van der Waals surface area contributed by atoms with Crippen molar-refractivity contribution < 1.29 is 4.52 Å². The third-order valence-corrected chi connectivity index (χ3v) is 4.31. The van der Waals surface area contributed by atoms with Crippen molar-refractivity contribution in [1.29, 1.82) is 0 Å². The lowest BCUT2D eigenvalue weighted by Gasteiger charge is -2.36. The molecule has 2 aromatic rings. The second-order valence-electron chi connectivity index (χ2n) is 5.06. The Balaban J connectivity index is 1.66. The molecule has 1 aliphatic carbocycles. The molecule has 2 aromatic heterocycles. The molecule has 0 spiro atoms. The number of hydrogen-bond acceptors (Lipinski definition) is 6. The largest absolute Gasteiger partial charge is 0.339 e. The van der Waals surface area contributed by atoms with Gasteiger partial charge < -0.3 is 10.3 Å². The average Bonchev–Trinajstić information content (AvgIpc) is 2.87. The molecule has 96 valence electrons. The van der Waals surface area contributed by atoms with Crippen LogP contribution in [0, 0.1) is 6.92 Å². The second-order valence-corrected chi connectivity index (χ2v) is 6.00. The van der Waals surface area contributed by atoms with Crippen molar-refractivity contribution in [3.8, 4) is 0 Å². The summed E-state index contributed by atoms with van der Waals surface area (Å²) in [5, 5.41) is 7.04. The summed E-state index contributed by atoms with van der Waals surface area (Å²) < 4.78 is 5.25. The number of nitrogens with zero attached hydrogens (tertiary/aromatic N) is 3. The highest BCUT2D eigenvalue weighted by atomic mass is 32.1. The molecule has 1 aliphatic rings. The van der Waals surface area contributed by atoms with Crippen LogP contribution in [0.5, 0.6) is 0 Å². The summed E-state index contributed by atoms with van der Waals surface area (Å²) >= 11 is 1.62. The van der Waals surface area contributed by atoms with Crippen molar-refractivity contribution in [2.45, 2.75) is 44.6 Å². The van der Waals surface area contributed by atoms with Gasteiger partial charge in [0.25, 0.3) is 0 Å². The number of hydrogen-bond donors (Lipinski definition) is 1. The van der Waals surface area contributed by atoms with E-state index in [2.05, 4.69) is 15.1 Å². The monoisotopic (exact) mass is 264 g/mol. The lowest BCUT2D eigenvalue weighted by molar-refractivity contribution is 0.221. The van der Waals surface area contributed by atoms with Crippen LogP contribution in [0.25, 0.3) is 0 Å². The van der Waals surface area contributed by atoms with E-state index in [-0.39, 0.29) is 5.54 Å². The van der Waals surface area contributed by atoms with E-state index in [1.54, 1.807) is 11.3 Å². The van der Waals surface area contributed by atoms with E-state index in [4.69, 9.17) is 10.3 Å².